The normalized spacial score (nSPS) is 9.95. The van der Waals surface area contributed by atoms with Crippen molar-refractivity contribution in [3.05, 3.63) is 52.0 Å². The fraction of sp³-hybridized carbons (Fsp3) is 0.0667. The number of carbonyl (C=O) groups is 1. The first-order chi connectivity index (χ1) is 10.1. The average molecular weight is 364 g/mol. The number of halogens is 1. The lowest BCUT2D eigenvalue weighted by Gasteiger charge is -2.12. The Balaban J connectivity index is 2.51. The zero-order chi connectivity index (χ0) is 15.4. The third-order valence-electron chi connectivity index (χ3n) is 2.71. The standard InChI is InChI=1S/C15H10BrNO3S/c1-21-14-4-2-3-12(11(14)8-17)20-13-7-9(16)5-6-10(13)15(18)19/h2-7H,1H3,(H,18,19). The van der Waals surface area contributed by atoms with E-state index < -0.39 is 5.97 Å². The smallest absolute Gasteiger partial charge is 0.339 e. The molecule has 2 rings (SSSR count). The molecule has 0 unspecified atom stereocenters. The maximum Gasteiger partial charge on any atom is 0.339 e. The SMILES string of the molecule is CSc1cccc(Oc2cc(Br)ccc2C(=O)O)c1C#N. The molecule has 0 bridgehead atoms. The second kappa shape index (κ2) is 6.66. The van der Waals surface area contributed by atoms with E-state index >= 15 is 0 Å². The van der Waals surface area contributed by atoms with Crippen LogP contribution in [0.5, 0.6) is 11.5 Å². The topological polar surface area (TPSA) is 70.3 Å². The van der Waals surface area contributed by atoms with Gasteiger partial charge >= 0.3 is 5.97 Å². The molecule has 0 amide bonds. The van der Waals surface area contributed by atoms with Crippen LogP contribution in [-0.4, -0.2) is 17.3 Å². The van der Waals surface area contributed by atoms with Gasteiger partial charge < -0.3 is 9.84 Å². The maximum atomic E-state index is 11.2. The van der Waals surface area contributed by atoms with Crippen molar-refractivity contribution in [2.75, 3.05) is 6.26 Å². The van der Waals surface area contributed by atoms with Crippen molar-refractivity contribution in [1.82, 2.24) is 0 Å². The quantitative estimate of drug-likeness (QED) is 0.807. The summed E-state index contributed by atoms with van der Waals surface area (Å²) in [4.78, 5) is 12.0. The molecular formula is C15H10BrNO3S. The van der Waals surface area contributed by atoms with E-state index in [1.807, 2.05) is 12.3 Å². The largest absolute Gasteiger partial charge is 0.478 e. The van der Waals surface area contributed by atoms with Crippen LogP contribution in [0.4, 0.5) is 0 Å². The first kappa shape index (κ1) is 15.4. The van der Waals surface area contributed by atoms with Crippen molar-refractivity contribution in [3.8, 4) is 17.6 Å². The molecule has 0 saturated heterocycles. The highest BCUT2D eigenvalue weighted by Crippen LogP contribution is 2.34. The van der Waals surface area contributed by atoms with E-state index in [4.69, 9.17) is 4.74 Å². The van der Waals surface area contributed by atoms with E-state index in [0.717, 1.165) is 4.90 Å². The summed E-state index contributed by atoms with van der Waals surface area (Å²) in [6, 6.07) is 12.0. The maximum absolute atomic E-state index is 11.2. The lowest BCUT2D eigenvalue weighted by molar-refractivity contribution is 0.0694. The van der Waals surface area contributed by atoms with E-state index in [0.29, 0.717) is 15.8 Å². The zero-order valence-corrected chi connectivity index (χ0v) is 13.4. The van der Waals surface area contributed by atoms with Crippen molar-refractivity contribution < 1.29 is 14.6 Å². The summed E-state index contributed by atoms with van der Waals surface area (Å²) in [5.41, 5.74) is 0.429. The van der Waals surface area contributed by atoms with Gasteiger partial charge in [0.15, 0.2) is 0 Å². The van der Waals surface area contributed by atoms with Crippen molar-refractivity contribution in [2.45, 2.75) is 4.90 Å². The van der Waals surface area contributed by atoms with Crippen LogP contribution in [0.1, 0.15) is 15.9 Å². The molecule has 0 aromatic heterocycles. The summed E-state index contributed by atoms with van der Waals surface area (Å²) in [5.74, 6) is -0.561. The first-order valence-corrected chi connectivity index (χ1v) is 7.86. The number of nitriles is 1. The lowest BCUT2D eigenvalue weighted by atomic mass is 10.2. The molecule has 0 fully saturated rings. The Morgan fingerprint density at radius 1 is 1.33 bits per heavy atom. The number of hydrogen-bond acceptors (Lipinski definition) is 4. The molecule has 0 aliphatic carbocycles. The summed E-state index contributed by atoms with van der Waals surface area (Å²) in [6.07, 6.45) is 1.86. The Labute approximate surface area is 134 Å². The van der Waals surface area contributed by atoms with Gasteiger partial charge in [-0.25, -0.2) is 4.79 Å². The van der Waals surface area contributed by atoms with E-state index in [9.17, 15) is 15.2 Å². The Morgan fingerprint density at radius 3 is 2.71 bits per heavy atom. The van der Waals surface area contributed by atoms with Crippen molar-refractivity contribution in [3.63, 3.8) is 0 Å². The van der Waals surface area contributed by atoms with Gasteiger partial charge in [-0.3, -0.25) is 0 Å². The van der Waals surface area contributed by atoms with Crippen LogP contribution in [0.3, 0.4) is 0 Å². The highest BCUT2D eigenvalue weighted by atomic mass is 79.9. The van der Waals surface area contributed by atoms with Crippen LogP contribution in [0.25, 0.3) is 0 Å². The second-order valence-corrected chi connectivity index (χ2v) is 5.76. The summed E-state index contributed by atoms with van der Waals surface area (Å²) in [6.45, 7) is 0. The minimum Gasteiger partial charge on any atom is -0.478 e. The van der Waals surface area contributed by atoms with Gasteiger partial charge in [-0.1, -0.05) is 22.0 Å². The Morgan fingerprint density at radius 2 is 2.10 bits per heavy atom. The number of rotatable bonds is 4. The number of carboxylic acid groups (broad SMARTS) is 1. The number of nitrogens with zero attached hydrogens (tertiary/aromatic N) is 1. The fourth-order valence-electron chi connectivity index (χ4n) is 1.75. The molecular weight excluding hydrogens is 354 g/mol. The highest BCUT2D eigenvalue weighted by Gasteiger charge is 2.15. The molecule has 0 aliphatic heterocycles. The minimum absolute atomic E-state index is 0.0386. The van der Waals surface area contributed by atoms with Crippen molar-refractivity contribution in [2.24, 2.45) is 0 Å². The summed E-state index contributed by atoms with van der Waals surface area (Å²) >= 11 is 4.71. The number of carboxylic acids is 1. The van der Waals surface area contributed by atoms with Gasteiger partial charge in [-0.05, 0) is 36.6 Å². The Kier molecular flexibility index (Phi) is 4.89. The van der Waals surface area contributed by atoms with Crippen LogP contribution in [0, 0.1) is 11.3 Å². The molecule has 0 radical (unpaired) electrons. The molecule has 0 atom stereocenters. The second-order valence-electron chi connectivity index (χ2n) is 3.99. The molecule has 0 heterocycles. The summed E-state index contributed by atoms with van der Waals surface area (Å²) in [7, 11) is 0. The molecule has 0 saturated carbocycles. The molecule has 6 heteroatoms. The number of hydrogen-bond donors (Lipinski definition) is 1. The number of thioether (sulfide) groups is 1. The predicted octanol–water partition coefficient (Wildman–Crippen LogP) is 4.53. The monoisotopic (exact) mass is 363 g/mol. The van der Waals surface area contributed by atoms with Crippen LogP contribution in [0.2, 0.25) is 0 Å². The van der Waals surface area contributed by atoms with Gasteiger partial charge in [0.2, 0.25) is 0 Å². The molecule has 0 aliphatic rings. The molecule has 21 heavy (non-hydrogen) atoms. The average Bonchev–Trinajstić information content (AvgIpc) is 2.46. The molecule has 1 N–H and O–H groups in total. The van der Waals surface area contributed by atoms with Crippen LogP contribution in [-0.2, 0) is 0 Å². The molecule has 2 aromatic rings. The van der Waals surface area contributed by atoms with Crippen molar-refractivity contribution >= 4 is 33.7 Å². The van der Waals surface area contributed by atoms with Crippen molar-refractivity contribution in [1.29, 1.82) is 5.26 Å². The number of ether oxygens (including phenoxy) is 1. The minimum atomic E-state index is -1.09. The third-order valence-corrected chi connectivity index (χ3v) is 3.99. The van der Waals surface area contributed by atoms with E-state index in [-0.39, 0.29) is 11.3 Å². The molecule has 4 nitrogen and oxygen atoms in total. The Bertz CT molecular complexity index is 740. The van der Waals surface area contributed by atoms with Gasteiger partial charge in [0.05, 0.1) is 0 Å². The first-order valence-electron chi connectivity index (χ1n) is 5.84. The molecule has 2 aromatic carbocycles. The van der Waals surface area contributed by atoms with Crippen LogP contribution >= 0.6 is 27.7 Å². The van der Waals surface area contributed by atoms with Gasteiger partial charge in [0, 0.05) is 9.37 Å². The van der Waals surface area contributed by atoms with Gasteiger partial charge in [0.1, 0.15) is 28.7 Å². The number of benzene rings is 2. The van der Waals surface area contributed by atoms with Gasteiger partial charge in [0.25, 0.3) is 0 Å². The molecule has 0 spiro atoms. The lowest BCUT2D eigenvalue weighted by Crippen LogP contribution is -2.00. The van der Waals surface area contributed by atoms with E-state index in [2.05, 4.69) is 22.0 Å². The van der Waals surface area contributed by atoms with E-state index in [1.54, 1.807) is 24.3 Å². The predicted molar refractivity (Wildman–Crippen MR) is 84.1 cm³/mol. The van der Waals surface area contributed by atoms with Gasteiger partial charge in [-0.15, -0.1) is 11.8 Å². The van der Waals surface area contributed by atoms with Crippen LogP contribution < -0.4 is 4.74 Å². The zero-order valence-electron chi connectivity index (χ0n) is 11.0. The molecule has 106 valence electrons. The number of aromatic carboxylic acids is 1. The van der Waals surface area contributed by atoms with E-state index in [1.165, 1.54) is 17.8 Å². The summed E-state index contributed by atoms with van der Waals surface area (Å²) < 4.78 is 6.37. The fourth-order valence-corrected chi connectivity index (χ4v) is 2.66. The highest BCUT2D eigenvalue weighted by molar-refractivity contribution is 9.10. The van der Waals surface area contributed by atoms with Gasteiger partial charge in [-0.2, -0.15) is 5.26 Å². The van der Waals surface area contributed by atoms with Crippen LogP contribution in [0.15, 0.2) is 45.8 Å². The summed E-state index contributed by atoms with van der Waals surface area (Å²) in [5, 5.41) is 18.5. The Hall–Kier alpha value is -1.97. The third kappa shape index (κ3) is 3.38.